The molecule has 3 aromatic heterocycles. The number of ether oxygens (including phenoxy) is 1. The van der Waals surface area contributed by atoms with E-state index in [-0.39, 0.29) is 11.8 Å². The Balaban J connectivity index is 1.29. The highest BCUT2D eigenvalue weighted by Gasteiger charge is 2.53. The molecule has 166 valence electrons. The van der Waals surface area contributed by atoms with Gasteiger partial charge in [0.05, 0.1) is 8.89 Å². The molecule has 1 aliphatic carbocycles. The standard InChI is InChI=1S/C23H15ClN2O4S3/c24-19-18(25-22(29)30-12-13-4-2-1-3-5-13)16(33-26-19)7-6-15-10-14-11-17(32-20(14)31-15)23(8-9-23)21(27)28/h1-5,10-11H,8-9,12H2,(H,25,29)(H,27,28). The number of hydrogen-bond donors (Lipinski definition) is 2. The van der Waals surface area contributed by atoms with Gasteiger partial charge in [-0.3, -0.25) is 10.1 Å². The number of rotatable bonds is 5. The number of amides is 1. The second kappa shape index (κ2) is 8.80. The summed E-state index contributed by atoms with van der Waals surface area (Å²) >= 11 is 10.3. The van der Waals surface area contributed by atoms with E-state index < -0.39 is 17.5 Å². The SMILES string of the molecule is O=C(Nc1c(Cl)nsc1C#Cc1cc2cc(C3(C(=O)O)CC3)sc2s1)OCc1ccccc1. The van der Waals surface area contributed by atoms with Crippen LogP contribution in [0.15, 0.2) is 42.5 Å². The summed E-state index contributed by atoms with van der Waals surface area (Å²) in [6.07, 6.45) is 0.748. The Labute approximate surface area is 206 Å². The lowest BCUT2D eigenvalue weighted by molar-refractivity contribution is -0.139. The molecule has 10 heteroatoms. The van der Waals surface area contributed by atoms with E-state index in [2.05, 4.69) is 21.5 Å². The summed E-state index contributed by atoms with van der Waals surface area (Å²) < 4.78 is 10.4. The number of benzene rings is 1. The molecule has 0 unspecified atom stereocenters. The van der Waals surface area contributed by atoms with Crippen LogP contribution in [0.2, 0.25) is 5.15 Å². The average molecular weight is 515 g/mol. The van der Waals surface area contributed by atoms with E-state index in [1.807, 2.05) is 42.5 Å². The lowest BCUT2D eigenvalue weighted by atomic mass is 10.1. The number of hydrogen-bond acceptors (Lipinski definition) is 7. The van der Waals surface area contributed by atoms with Crippen molar-refractivity contribution < 1.29 is 19.4 Å². The third-order valence-corrected chi connectivity index (χ3v) is 8.88. The van der Waals surface area contributed by atoms with E-state index in [9.17, 15) is 14.7 Å². The fourth-order valence-electron chi connectivity index (χ4n) is 3.27. The number of carboxylic acid groups (broad SMARTS) is 1. The quantitative estimate of drug-likeness (QED) is 0.303. The van der Waals surface area contributed by atoms with E-state index in [0.29, 0.717) is 23.4 Å². The maximum absolute atomic E-state index is 12.2. The van der Waals surface area contributed by atoms with E-state index >= 15 is 0 Å². The molecule has 0 spiro atoms. The van der Waals surface area contributed by atoms with E-state index in [1.165, 1.54) is 22.7 Å². The minimum Gasteiger partial charge on any atom is -0.481 e. The topological polar surface area (TPSA) is 88.5 Å². The van der Waals surface area contributed by atoms with Crippen molar-refractivity contribution in [3.8, 4) is 11.8 Å². The number of carbonyl (C=O) groups excluding carboxylic acids is 1. The van der Waals surface area contributed by atoms with Crippen LogP contribution in [0.5, 0.6) is 0 Å². The zero-order valence-corrected chi connectivity index (χ0v) is 20.1. The van der Waals surface area contributed by atoms with E-state index in [4.69, 9.17) is 16.3 Å². The second-order valence-corrected chi connectivity index (χ2v) is 11.0. The van der Waals surface area contributed by atoms with Crippen molar-refractivity contribution in [1.82, 2.24) is 4.37 Å². The first-order valence-corrected chi connectivity index (χ1v) is 12.7. The number of halogens is 1. The molecule has 2 N–H and O–H groups in total. The Morgan fingerprint density at radius 3 is 2.67 bits per heavy atom. The molecule has 5 rings (SSSR count). The summed E-state index contributed by atoms with van der Waals surface area (Å²) in [6.45, 7) is 0.139. The monoisotopic (exact) mass is 514 g/mol. The maximum Gasteiger partial charge on any atom is 0.412 e. The van der Waals surface area contributed by atoms with Crippen molar-refractivity contribution in [1.29, 1.82) is 0 Å². The number of carboxylic acids is 1. The fraction of sp³-hybridized carbons (Fsp3) is 0.174. The molecule has 1 fully saturated rings. The Kier molecular flexibility index (Phi) is 5.85. The molecule has 0 saturated heterocycles. The maximum atomic E-state index is 12.2. The van der Waals surface area contributed by atoms with Crippen LogP contribution in [0.3, 0.4) is 0 Å². The number of anilines is 1. The highest BCUT2D eigenvalue weighted by atomic mass is 35.5. The number of aliphatic carboxylic acids is 1. The Morgan fingerprint density at radius 2 is 1.97 bits per heavy atom. The van der Waals surface area contributed by atoms with Crippen molar-refractivity contribution >= 4 is 73.0 Å². The van der Waals surface area contributed by atoms with Crippen LogP contribution in [0.1, 0.15) is 33.0 Å². The van der Waals surface area contributed by atoms with Crippen molar-refractivity contribution in [2.45, 2.75) is 24.9 Å². The van der Waals surface area contributed by atoms with Gasteiger partial charge in [0.25, 0.3) is 0 Å². The smallest absolute Gasteiger partial charge is 0.412 e. The largest absolute Gasteiger partial charge is 0.481 e. The van der Waals surface area contributed by atoms with Gasteiger partial charge in [0.15, 0.2) is 5.15 Å². The lowest BCUT2D eigenvalue weighted by Crippen LogP contribution is -2.17. The Hall–Kier alpha value is -2.90. The summed E-state index contributed by atoms with van der Waals surface area (Å²) in [5, 5.41) is 13.3. The van der Waals surface area contributed by atoms with Crippen LogP contribution < -0.4 is 5.32 Å². The van der Waals surface area contributed by atoms with Crippen LogP contribution in [0, 0.1) is 11.8 Å². The first-order chi connectivity index (χ1) is 15.9. The van der Waals surface area contributed by atoms with E-state index in [1.54, 1.807) is 0 Å². The van der Waals surface area contributed by atoms with Gasteiger partial charge in [-0.25, -0.2) is 4.79 Å². The van der Waals surface area contributed by atoms with E-state index in [0.717, 1.165) is 36.3 Å². The number of aromatic nitrogens is 1. The van der Waals surface area contributed by atoms with Gasteiger partial charge in [-0.1, -0.05) is 41.9 Å². The normalized spacial score (nSPS) is 13.8. The van der Waals surface area contributed by atoms with Gasteiger partial charge >= 0.3 is 12.1 Å². The van der Waals surface area contributed by atoms with Gasteiger partial charge in [-0.2, -0.15) is 4.37 Å². The highest BCUT2D eigenvalue weighted by molar-refractivity contribution is 7.38. The first kappa shape index (κ1) is 21.9. The Bertz CT molecular complexity index is 1390. The molecule has 3 heterocycles. The molecular weight excluding hydrogens is 500 g/mol. The Morgan fingerprint density at radius 1 is 1.18 bits per heavy atom. The van der Waals surface area contributed by atoms with Gasteiger partial charge in [-0.05, 0) is 53.9 Å². The number of nitrogens with one attached hydrogen (secondary N) is 1. The molecule has 33 heavy (non-hydrogen) atoms. The first-order valence-electron chi connectivity index (χ1n) is 9.87. The number of nitrogens with zero attached hydrogens (tertiary/aromatic N) is 1. The molecular formula is C23H15ClN2O4S3. The molecule has 0 radical (unpaired) electrons. The molecule has 1 saturated carbocycles. The predicted octanol–water partition coefficient (Wildman–Crippen LogP) is 6.34. The molecule has 6 nitrogen and oxygen atoms in total. The van der Waals surface area contributed by atoms with Gasteiger partial charge in [0.1, 0.15) is 22.6 Å². The van der Waals surface area contributed by atoms with Gasteiger partial charge in [-0.15, -0.1) is 22.7 Å². The molecule has 1 aliphatic rings. The minimum absolute atomic E-state index is 0.139. The summed E-state index contributed by atoms with van der Waals surface area (Å²) in [6, 6.07) is 13.3. The van der Waals surface area contributed by atoms with Crippen LogP contribution >= 0.6 is 45.8 Å². The van der Waals surface area contributed by atoms with Crippen LogP contribution in [-0.4, -0.2) is 21.5 Å². The number of fused-ring (bicyclic) bond motifs is 1. The molecule has 4 aromatic rings. The van der Waals surface area contributed by atoms with Crippen LogP contribution in [0.25, 0.3) is 9.40 Å². The molecule has 0 atom stereocenters. The van der Waals surface area contributed by atoms with Gasteiger partial charge in [0, 0.05) is 10.3 Å². The van der Waals surface area contributed by atoms with Crippen molar-refractivity contribution in [3.05, 3.63) is 67.8 Å². The predicted molar refractivity (Wildman–Crippen MR) is 132 cm³/mol. The third kappa shape index (κ3) is 4.48. The van der Waals surface area contributed by atoms with Crippen LogP contribution in [-0.2, 0) is 21.6 Å². The third-order valence-electron chi connectivity index (χ3n) is 5.23. The lowest BCUT2D eigenvalue weighted by Gasteiger charge is -2.06. The second-order valence-electron chi connectivity index (χ2n) is 7.47. The summed E-state index contributed by atoms with van der Waals surface area (Å²) in [5.41, 5.74) is 0.508. The zero-order valence-electron chi connectivity index (χ0n) is 16.9. The van der Waals surface area contributed by atoms with Crippen molar-refractivity contribution in [2.75, 3.05) is 5.32 Å². The summed E-state index contributed by atoms with van der Waals surface area (Å²) in [4.78, 5) is 26.0. The fourth-order valence-corrected chi connectivity index (χ4v) is 6.71. The molecule has 0 aliphatic heterocycles. The highest BCUT2D eigenvalue weighted by Crippen LogP contribution is 2.52. The number of thiophene rings is 2. The number of carbonyl (C=O) groups is 2. The summed E-state index contributed by atoms with van der Waals surface area (Å²) in [7, 11) is 0. The molecule has 1 aromatic carbocycles. The van der Waals surface area contributed by atoms with Gasteiger partial charge < -0.3 is 9.84 Å². The molecule has 0 bridgehead atoms. The minimum atomic E-state index is -0.749. The summed E-state index contributed by atoms with van der Waals surface area (Å²) in [5.74, 6) is 5.38. The van der Waals surface area contributed by atoms with Crippen LogP contribution in [0.4, 0.5) is 10.5 Å². The molecule has 1 amide bonds. The van der Waals surface area contributed by atoms with Crippen molar-refractivity contribution in [3.63, 3.8) is 0 Å². The zero-order chi connectivity index (χ0) is 23.0. The van der Waals surface area contributed by atoms with Gasteiger partial charge in [0.2, 0.25) is 0 Å². The van der Waals surface area contributed by atoms with Crippen molar-refractivity contribution in [2.24, 2.45) is 0 Å². The average Bonchev–Trinajstić information content (AvgIpc) is 3.24.